The largest absolute Gasteiger partial charge is 0.447 e. The molecule has 0 bridgehead atoms. The van der Waals surface area contributed by atoms with Gasteiger partial charge in [0.05, 0.1) is 24.7 Å². The molecule has 3 rings (SSSR count). The molecule has 158 valence electrons. The van der Waals surface area contributed by atoms with Gasteiger partial charge in [0.1, 0.15) is 6.61 Å². The van der Waals surface area contributed by atoms with E-state index in [4.69, 9.17) is 9.47 Å². The molecule has 0 unspecified atom stereocenters. The number of aliphatic hydroxyl groups excluding tert-OH is 1. The molecule has 2 aromatic carbocycles. The van der Waals surface area contributed by atoms with Gasteiger partial charge in [-0.3, -0.25) is 4.79 Å². The molecule has 1 aliphatic rings. The Morgan fingerprint density at radius 3 is 2.43 bits per heavy atom. The highest BCUT2D eigenvalue weighted by molar-refractivity contribution is 5.95. The number of rotatable bonds is 10. The van der Waals surface area contributed by atoms with Gasteiger partial charge in [-0.05, 0) is 24.0 Å². The van der Waals surface area contributed by atoms with Crippen LogP contribution in [0.15, 0.2) is 73.3 Å². The van der Waals surface area contributed by atoms with Gasteiger partial charge in [0, 0.05) is 6.61 Å². The van der Waals surface area contributed by atoms with Crippen LogP contribution in [0.2, 0.25) is 0 Å². The van der Waals surface area contributed by atoms with Gasteiger partial charge in [-0.1, -0.05) is 66.7 Å². The molecule has 6 heteroatoms. The Bertz CT molecular complexity index is 839. The first-order valence-corrected chi connectivity index (χ1v) is 10.1. The molecule has 1 aliphatic heterocycles. The average Bonchev–Trinajstić information content (AvgIpc) is 3.14. The molecular formula is C24H27NO5. The maximum absolute atomic E-state index is 13.2. The molecule has 0 saturated carbocycles. The lowest BCUT2D eigenvalue weighted by molar-refractivity contribution is -0.137. The van der Waals surface area contributed by atoms with Gasteiger partial charge in [-0.2, -0.15) is 0 Å². The summed E-state index contributed by atoms with van der Waals surface area (Å²) in [6, 6.07) is 18.9. The first-order valence-electron chi connectivity index (χ1n) is 10.1. The second kappa shape index (κ2) is 10.7. The summed E-state index contributed by atoms with van der Waals surface area (Å²) < 4.78 is 10.8. The van der Waals surface area contributed by atoms with E-state index >= 15 is 0 Å². The molecule has 1 N–H and O–H groups in total. The van der Waals surface area contributed by atoms with Crippen LogP contribution in [0.1, 0.15) is 17.5 Å². The number of cyclic esters (lactones) is 1. The lowest BCUT2D eigenvalue weighted by Gasteiger charge is -2.26. The van der Waals surface area contributed by atoms with Crippen molar-refractivity contribution in [2.75, 3.05) is 13.2 Å². The van der Waals surface area contributed by atoms with Crippen molar-refractivity contribution in [3.05, 3.63) is 84.4 Å². The van der Waals surface area contributed by atoms with Crippen molar-refractivity contribution < 1.29 is 24.2 Å². The van der Waals surface area contributed by atoms with E-state index in [1.54, 1.807) is 0 Å². The predicted octanol–water partition coefficient (Wildman–Crippen LogP) is 3.35. The molecule has 1 saturated heterocycles. The van der Waals surface area contributed by atoms with Crippen molar-refractivity contribution >= 4 is 12.0 Å². The minimum absolute atomic E-state index is 0.140. The maximum Gasteiger partial charge on any atom is 0.416 e. The molecular weight excluding hydrogens is 382 g/mol. The quantitative estimate of drug-likeness (QED) is 0.481. The number of ether oxygens (including phenoxy) is 2. The van der Waals surface area contributed by atoms with Crippen molar-refractivity contribution in [1.29, 1.82) is 0 Å². The van der Waals surface area contributed by atoms with Crippen molar-refractivity contribution in [1.82, 2.24) is 4.90 Å². The summed E-state index contributed by atoms with van der Waals surface area (Å²) in [5, 5.41) is 10.4. The van der Waals surface area contributed by atoms with Gasteiger partial charge >= 0.3 is 6.09 Å². The summed E-state index contributed by atoms with van der Waals surface area (Å²) in [5.41, 5.74) is 2.03. The van der Waals surface area contributed by atoms with Crippen molar-refractivity contribution in [3.8, 4) is 0 Å². The van der Waals surface area contributed by atoms with Crippen molar-refractivity contribution in [2.24, 2.45) is 5.92 Å². The number of aliphatic hydroxyl groups is 1. The topological polar surface area (TPSA) is 76.1 Å². The maximum atomic E-state index is 13.2. The van der Waals surface area contributed by atoms with Gasteiger partial charge in [0.15, 0.2) is 0 Å². The van der Waals surface area contributed by atoms with Crippen LogP contribution in [0.5, 0.6) is 0 Å². The highest BCUT2D eigenvalue weighted by Gasteiger charge is 2.42. The number of imide groups is 1. The lowest BCUT2D eigenvalue weighted by atomic mass is 9.95. The van der Waals surface area contributed by atoms with Crippen LogP contribution < -0.4 is 0 Å². The summed E-state index contributed by atoms with van der Waals surface area (Å²) in [6.07, 6.45) is 0.323. The Morgan fingerprint density at radius 1 is 1.17 bits per heavy atom. The highest BCUT2D eigenvalue weighted by Crippen LogP contribution is 2.23. The van der Waals surface area contributed by atoms with Crippen molar-refractivity contribution in [3.63, 3.8) is 0 Å². The number of carbonyl (C=O) groups is 2. The minimum atomic E-state index is -1.08. The van der Waals surface area contributed by atoms with E-state index in [9.17, 15) is 14.7 Å². The third kappa shape index (κ3) is 5.55. The van der Waals surface area contributed by atoms with Gasteiger partial charge in [-0.25, -0.2) is 9.69 Å². The van der Waals surface area contributed by atoms with Crippen LogP contribution >= 0.6 is 0 Å². The molecule has 0 radical (unpaired) electrons. The molecule has 1 fully saturated rings. The zero-order chi connectivity index (χ0) is 21.3. The van der Waals surface area contributed by atoms with E-state index in [0.29, 0.717) is 13.0 Å². The summed E-state index contributed by atoms with van der Waals surface area (Å²) in [6.45, 7) is 4.41. The number of hydrogen-bond acceptors (Lipinski definition) is 5. The predicted molar refractivity (Wildman–Crippen MR) is 113 cm³/mol. The second-order valence-corrected chi connectivity index (χ2v) is 7.29. The molecule has 1 heterocycles. The molecule has 0 aliphatic carbocycles. The van der Waals surface area contributed by atoms with Gasteiger partial charge in [0.2, 0.25) is 5.91 Å². The number of hydrogen-bond donors (Lipinski definition) is 1. The van der Waals surface area contributed by atoms with E-state index in [2.05, 4.69) is 6.58 Å². The summed E-state index contributed by atoms with van der Waals surface area (Å²) in [7, 11) is 0. The zero-order valence-corrected chi connectivity index (χ0v) is 16.9. The van der Waals surface area contributed by atoms with E-state index in [-0.39, 0.29) is 19.6 Å². The Labute approximate surface area is 176 Å². The standard InChI is InChI=1S/C24H27NO5/c1-2-22(26)21(13-14-29-16-19-11-7-4-8-12-19)23(27)25-20(17-30-24(25)28)15-18-9-5-3-6-10-18/h2-12,20-22,26H,1,13-17H2/t20-,21-,22+/m1/s1. The molecule has 2 amide bonds. The van der Waals surface area contributed by atoms with E-state index in [1.807, 2.05) is 60.7 Å². The first kappa shape index (κ1) is 21.7. The van der Waals surface area contributed by atoms with Crippen LogP contribution in [0.3, 0.4) is 0 Å². The van der Waals surface area contributed by atoms with Gasteiger partial charge in [0.25, 0.3) is 0 Å². The van der Waals surface area contributed by atoms with Crippen LogP contribution in [-0.2, 0) is 27.3 Å². The van der Waals surface area contributed by atoms with Crippen LogP contribution in [0.4, 0.5) is 4.79 Å². The fourth-order valence-electron chi connectivity index (χ4n) is 3.52. The van der Waals surface area contributed by atoms with E-state index in [0.717, 1.165) is 16.0 Å². The van der Waals surface area contributed by atoms with Crippen LogP contribution in [-0.4, -0.2) is 47.4 Å². The highest BCUT2D eigenvalue weighted by atomic mass is 16.6. The average molecular weight is 409 g/mol. The Kier molecular flexibility index (Phi) is 7.76. The zero-order valence-electron chi connectivity index (χ0n) is 16.9. The SMILES string of the molecule is C=C[C@H](O)[C@@H](CCOCc1ccccc1)C(=O)N1C(=O)OC[C@H]1Cc1ccccc1. The number of amides is 2. The monoisotopic (exact) mass is 409 g/mol. The van der Waals surface area contributed by atoms with Crippen LogP contribution in [0.25, 0.3) is 0 Å². The van der Waals surface area contributed by atoms with Crippen molar-refractivity contribution in [2.45, 2.75) is 31.6 Å². The fraction of sp³-hybridized carbons (Fsp3) is 0.333. The summed E-state index contributed by atoms with van der Waals surface area (Å²) >= 11 is 0. The molecule has 30 heavy (non-hydrogen) atoms. The third-order valence-electron chi connectivity index (χ3n) is 5.17. The number of carbonyl (C=O) groups excluding carboxylic acids is 2. The fourth-order valence-corrected chi connectivity index (χ4v) is 3.52. The molecule has 0 spiro atoms. The van der Waals surface area contributed by atoms with Crippen LogP contribution in [0, 0.1) is 5.92 Å². The molecule has 0 aromatic heterocycles. The number of benzene rings is 2. The van der Waals surface area contributed by atoms with Gasteiger partial charge in [-0.15, -0.1) is 6.58 Å². The van der Waals surface area contributed by atoms with E-state index in [1.165, 1.54) is 6.08 Å². The van der Waals surface area contributed by atoms with Gasteiger partial charge < -0.3 is 14.6 Å². The Balaban J connectivity index is 1.63. The molecule has 6 nitrogen and oxygen atoms in total. The Hall–Kier alpha value is -2.96. The minimum Gasteiger partial charge on any atom is -0.447 e. The lowest BCUT2D eigenvalue weighted by Crippen LogP contribution is -2.46. The first-order chi connectivity index (χ1) is 14.6. The Morgan fingerprint density at radius 2 is 1.80 bits per heavy atom. The third-order valence-corrected chi connectivity index (χ3v) is 5.17. The normalized spacial score (nSPS) is 18.0. The second-order valence-electron chi connectivity index (χ2n) is 7.29. The van der Waals surface area contributed by atoms with E-state index < -0.39 is 30.1 Å². The summed E-state index contributed by atoms with van der Waals surface area (Å²) in [5.74, 6) is -1.30. The summed E-state index contributed by atoms with van der Waals surface area (Å²) in [4.78, 5) is 26.6. The molecule has 3 atom stereocenters. The number of nitrogens with zero attached hydrogens (tertiary/aromatic N) is 1. The smallest absolute Gasteiger partial charge is 0.416 e. The molecule has 2 aromatic rings.